The largest absolute Gasteiger partial charge is 0.477 e. The molecule has 1 saturated heterocycles. The molecule has 28 heavy (non-hydrogen) atoms. The van der Waals surface area contributed by atoms with Gasteiger partial charge < -0.3 is 20.5 Å². The van der Waals surface area contributed by atoms with Crippen molar-refractivity contribution in [3.63, 3.8) is 0 Å². The Balaban J connectivity index is 1.52. The molecular weight excluding hydrogens is 380 g/mol. The normalized spacial score (nSPS) is 16.5. The highest BCUT2D eigenvalue weighted by atomic mass is 32.1. The quantitative estimate of drug-likeness (QED) is 0.669. The second-order valence-corrected chi connectivity index (χ2v) is 7.85. The number of nitrogens with two attached hydrogens (primary N) is 1. The minimum absolute atomic E-state index is 0.00531. The van der Waals surface area contributed by atoms with E-state index >= 15 is 0 Å². The molecule has 0 aliphatic carbocycles. The number of hydrogen-bond donors (Lipinski definition) is 2. The predicted molar refractivity (Wildman–Crippen MR) is 104 cm³/mol. The maximum absolute atomic E-state index is 12.2. The molecule has 0 saturated carbocycles. The Kier molecular flexibility index (Phi) is 6.43. The zero-order valence-electron chi connectivity index (χ0n) is 15.3. The molecule has 1 aromatic heterocycles. The molecule has 7 nitrogen and oxygen atoms in total. The van der Waals surface area contributed by atoms with Gasteiger partial charge in [-0.25, -0.2) is 4.79 Å². The number of carboxylic acids is 1. The summed E-state index contributed by atoms with van der Waals surface area (Å²) in [5.74, 6) is -1.31. The third-order valence-electron chi connectivity index (χ3n) is 4.73. The number of amides is 2. The van der Waals surface area contributed by atoms with Crippen molar-refractivity contribution < 1.29 is 24.2 Å². The van der Waals surface area contributed by atoms with Crippen molar-refractivity contribution in [2.24, 2.45) is 5.73 Å². The van der Waals surface area contributed by atoms with Gasteiger partial charge in [0.15, 0.2) is 0 Å². The fourth-order valence-corrected chi connectivity index (χ4v) is 4.05. The number of carboxylic acid groups (broad SMARTS) is 1. The van der Waals surface area contributed by atoms with Gasteiger partial charge >= 0.3 is 5.97 Å². The van der Waals surface area contributed by atoms with Gasteiger partial charge in [0.05, 0.1) is 19.3 Å². The average Bonchev–Trinajstić information content (AvgIpc) is 3.28. The Bertz CT molecular complexity index is 879. The molecule has 1 atom stereocenters. The molecule has 2 aromatic rings. The number of aromatic carboxylic acids is 1. The van der Waals surface area contributed by atoms with Crippen LogP contribution in [0.3, 0.4) is 0 Å². The molecule has 148 valence electrons. The third kappa shape index (κ3) is 4.96. The van der Waals surface area contributed by atoms with Gasteiger partial charge in [0.2, 0.25) is 11.8 Å². The molecule has 1 aliphatic rings. The van der Waals surface area contributed by atoms with Gasteiger partial charge in [-0.3, -0.25) is 9.59 Å². The lowest BCUT2D eigenvalue weighted by Gasteiger charge is -2.24. The van der Waals surface area contributed by atoms with Crippen LogP contribution in [-0.4, -0.2) is 47.0 Å². The van der Waals surface area contributed by atoms with Crippen LogP contribution in [0.4, 0.5) is 0 Å². The molecule has 2 amide bonds. The maximum Gasteiger partial charge on any atom is 0.345 e. The van der Waals surface area contributed by atoms with Crippen molar-refractivity contribution in [1.82, 2.24) is 4.90 Å². The molecule has 0 radical (unpaired) electrons. The molecule has 1 aliphatic heterocycles. The molecule has 0 unspecified atom stereocenters. The maximum atomic E-state index is 12.2. The molecule has 2 heterocycles. The van der Waals surface area contributed by atoms with E-state index in [1.165, 1.54) is 11.3 Å². The summed E-state index contributed by atoms with van der Waals surface area (Å²) in [5, 5.41) is 8.96. The Labute approximate surface area is 166 Å². The highest BCUT2D eigenvalue weighted by Crippen LogP contribution is 2.22. The standard InChI is InChI=1S/C20H22N2O5S/c21-19(24)14-3-1-2-13(10-14)8-9-22-15(4-7-18(22)23)11-27-12-16-5-6-17(28-16)20(25)26/h1-3,5-6,10,15H,4,7-9,11-12H2,(H2,21,24)(H,25,26)/t15-/m1/s1. The lowest BCUT2D eigenvalue weighted by Crippen LogP contribution is -2.37. The zero-order valence-corrected chi connectivity index (χ0v) is 16.1. The van der Waals surface area contributed by atoms with E-state index in [0.717, 1.165) is 16.9 Å². The minimum Gasteiger partial charge on any atom is -0.477 e. The van der Waals surface area contributed by atoms with Crippen molar-refractivity contribution in [1.29, 1.82) is 0 Å². The average molecular weight is 402 g/mol. The molecule has 1 fully saturated rings. The summed E-state index contributed by atoms with van der Waals surface area (Å²) in [7, 11) is 0. The fraction of sp³-hybridized carbons (Fsp3) is 0.350. The van der Waals surface area contributed by atoms with Crippen molar-refractivity contribution in [2.45, 2.75) is 31.9 Å². The van der Waals surface area contributed by atoms with Crippen LogP contribution in [0.25, 0.3) is 0 Å². The highest BCUT2D eigenvalue weighted by molar-refractivity contribution is 7.13. The number of ether oxygens (including phenoxy) is 1. The van der Waals surface area contributed by atoms with Crippen LogP contribution < -0.4 is 5.73 Å². The van der Waals surface area contributed by atoms with Crippen LogP contribution in [-0.2, 0) is 22.6 Å². The monoisotopic (exact) mass is 402 g/mol. The van der Waals surface area contributed by atoms with Crippen LogP contribution >= 0.6 is 11.3 Å². The first-order valence-electron chi connectivity index (χ1n) is 9.02. The number of hydrogen-bond acceptors (Lipinski definition) is 5. The van der Waals surface area contributed by atoms with Gasteiger partial charge in [-0.15, -0.1) is 11.3 Å². The molecule has 0 bridgehead atoms. The topological polar surface area (TPSA) is 110 Å². The first kappa shape index (κ1) is 20.0. The van der Waals surface area contributed by atoms with Crippen molar-refractivity contribution in [3.8, 4) is 0 Å². The SMILES string of the molecule is NC(=O)c1cccc(CCN2C(=O)CC[C@@H]2COCc2ccc(C(=O)O)s2)c1. The van der Waals surface area contributed by atoms with Crippen molar-refractivity contribution in [2.75, 3.05) is 13.2 Å². The van der Waals surface area contributed by atoms with Gasteiger partial charge in [-0.1, -0.05) is 12.1 Å². The van der Waals surface area contributed by atoms with E-state index in [-0.39, 0.29) is 16.8 Å². The van der Waals surface area contributed by atoms with E-state index in [9.17, 15) is 14.4 Å². The van der Waals surface area contributed by atoms with Crippen LogP contribution in [0.2, 0.25) is 0 Å². The van der Waals surface area contributed by atoms with E-state index in [1.54, 1.807) is 30.3 Å². The van der Waals surface area contributed by atoms with Crippen LogP contribution in [0.15, 0.2) is 36.4 Å². The van der Waals surface area contributed by atoms with Gasteiger partial charge in [0.1, 0.15) is 4.88 Å². The number of rotatable bonds is 9. The van der Waals surface area contributed by atoms with Gasteiger partial charge in [0.25, 0.3) is 0 Å². The summed E-state index contributed by atoms with van der Waals surface area (Å²) < 4.78 is 5.74. The number of primary amides is 1. The van der Waals surface area contributed by atoms with E-state index in [2.05, 4.69) is 0 Å². The van der Waals surface area contributed by atoms with E-state index in [4.69, 9.17) is 15.6 Å². The number of nitrogens with zero attached hydrogens (tertiary/aromatic N) is 1. The molecule has 8 heteroatoms. The minimum atomic E-state index is -0.941. The van der Waals surface area contributed by atoms with Crippen molar-refractivity contribution >= 4 is 29.1 Å². The Morgan fingerprint density at radius 1 is 1.29 bits per heavy atom. The molecule has 3 rings (SSSR count). The summed E-state index contributed by atoms with van der Waals surface area (Å²) in [5.41, 5.74) is 6.73. The lowest BCUT2D eigenvalue weighted by atomic mass is 10.1. The Morgan fingerprint density at radius 3 is 2.82 bits per heavy atom. The number of likely N-dealkylation sites (tertiary alicyclic amines) is 1. The zero-order chi connectivity index (χ0) is 20.1. The van der Waals surface area contributed by atoms with Crippen LogP contribution in [0.5, 0.6) is 0 Å². The number of carbonyl (C=O) groups excluding carboxylic acids is 2. The van der Waals surface area contributed by atoms with E-state index in [0.29, 0.717) is 38.2 Å². The predicted octanol–water partition coefficient (Wildman–Crippen LogP) is 2.30. The number of benzene rings is 1. The van der Waals surface area contributed by atoms with Crippen molar-refractivity contribution in [3.05, 3.63) is 57.3 Å². The van der Waals surface area contributed by atoms with Gasteiger partial charge in [-0.2, -0.15) is 0 Å². The van der Waals surface area contributed by atoms with Gasteiger partial charge in [0, 0.05) is 23.4 Å². The second-order valence-electron chi connectivity index (χ2n) is 6.68. The summed E-state index contributed by atoms with van der Waals surface area (Å²) in [6.07, 6.45) is 1.87. The third-order valence-corrected chi connectivity index (χ3v) is 5.78. The first-order valence-corrected chi connectivity index (χ1v) is 9.83. The number of carbonyl (C=O) groups is 3. The highest BCUT2D eigenvalue weighted by Gasteiger charge is 2.30. The summed E-state index contributed by atoms with van der Waals surface area (Å²) >= 11 is 1.19. The first-order chi connectivity index (χ1) is 13.4. The Morgan fingerprint density at radius 2 is 2.11 bits per heavy atom. The lowest BCUT2D eigenvalue weighted by molar-refractivity contribution is -0.129. The Hall–Kier alpha value is -2.71. The fourth-order valence-electron chi connectivity index (χ4n) is 3.27. The van der Waals surface area contributed by atoms with Gasteiger partial charge in [-0.05, 0) is 42.7 Å². The van der Waals surface area contributed by atoms with E-state index in [1.807, 2.05) is 11.0 Å². The smallest absolute Gasteiger partial charge is 0.345 e. The molecule has 0 spiro atoms. The summed E-state index contributed by atoms with van der Waals surface area (Å²) in [4.78, 5) is 37.4. The second kappa shape index (κ2) is 8.99. The molecule has 3 N–H and O–H groups in total. The summed E-state index contributed by atoms with van der Waals surface area (Å²) in [6, 6.07) is 10.4. The summed E-state index contributed by atoms with van der Waals surface area (Å²) in [6.45, 7) is 1.29. The van der Waals surface area contributed by atoms with Crippen LogP contribution in [0.1, 0.15) is 43.3 Å². The van der Waals surface area contributed by atoms with E-state index < -0.39 is 11.9 Å². The number of thiophene rings is 1. The molecule has 1 aromatic carbocycles. The molecular formula is C20H22N2O5S. The van der Waals surface area contributed by atoms with Crippen LogP contribution in [0, 0.1) is 0 Å².